The van der Waals surface area contributed by atoms with Gasteiger partial charge in [-0.2, -0.15) is 28.1 Å². The first-order valence-corrected chi connectivity index (χ1v) is 11.1. The van der Waals surface area contributed by atoms with Gasteiger partial charge in [0.2, 0.25) is 11.9 Å². The van der Waals surface area contributed by atoms with Crippen LogP contribution in [0.2, 0.25) is 0 Å². The van der Waals surface area contributed by atoms with Gasteiger partial charge in [0.15, 0.2) is 0 Å². The molecule has 1 aromatic heterocycles. The summed E-state index contributed by atoms with van der Waals surface area (Å²) in [6.07, 6.45) is 4.21. The molecule has 1 saturated heterocycles. The van der Waals surface area contributed by atoms with E-state index in [1.165, 1.54) is 37.8 Å². The molecule has 0 spiro atoms. The maximum Gasteiger partial charge on any atom is 0.471 e. The number of halogens is 3. The van der Waals surface area contributed by atoms with E-state index in [1.54, 1.807) is 12.1 Å². The van der Waals surface area contributed by atoms with Crippen LogP contribution in [-0.2, 0) is 4.79 Å². The predicted molar refractivity (Wildman–Crippen MR) is 145 cm³/mol. The summed E-state index contributed by atoms with van der Waals surface area (Å²) in [4.78, 5) is 27.4. The molecule has 2 aromatic rings. The predicted octanol–water partition coefficient (Wildman–Crippen LogP) is 6.79. The quantitative estimate of drug-likeness (QED) is 0.240. The number of amides is 1. The SMILES string of the molecule is N.N.N.N.O=C(Nc1ccc(Nc2nc(C3CCCCC3)nc(N3CCCCC3)n2)cc1)C(F)(F)F.[HH].[HH].[HH].[HH]. The van der Waals surface area contributed by atoms with Crippen LogP contribution in [-0.4, -0.2) is 40.1 Å². The summed E-state index contributed by atoms with van der Waals surface area (Å²) in [5, 5.41) is 4.99. The number of alkyl halides is 3. The van der Waals surface area contributed by atoms with Crippen molar-refractivity contribution >= 4 is 29.2 Å². The summed E-state index contributed by atoms with van der Waals surface area (Å²) in [6, 6.07) is 5.97. The number of piperidine rings is 1. The average Bonchev–Trinajstić information content (AvgIpc) is 2.81. The number of benzene rings is 1. The van der Waals surface area contributed by atoms with E-state index in [0.29, 0.717) is 23.5 Å². The minimum Gasteiger partial charge on any atom is -0.344 e. The number of anilines is 4. The van der Waals surface area contributed by atoms with Crippen molar-refractivity contribution in [1.29, 1.82) is 0 Å². The summed E-state index contributed by atoms with van der Waals surface area (Å²) >= 11 is 0. The van der Waals surface area contributed by atoms with Gasteiger partial charge in [-0.3, -0.25) is 4.79 Å². The number of carbonyl (C=O) groups excluding carboxylic acids is 1. The summed E-state index contributed by atoms with van der Waals surface area (Å²) < 4.78 is 37.3. The van der Waals surface area contributed by atoms with E-state index in [2.05, 4.69) is 20.2 Å². The van der Waals surface area contributed by atoms with E-state index < -0.39 is 12.1 Å². The number of rotatable bonds is 5. The smallest absolute Gasteiger partial charge is 0.344 e. The first-order chi connectivity index (χ1) is 15.4. The van der Waals surface area contributed by atoms with Gasteiger partial charge in [0.05, 0.1) is 0 Å². The molecule has 14 N–H and O–H groups in total. The van der Waals surface area contributed by atoms with Gasteiger partial charge in [-0.25, -0.2) is 0 Å². The summed E-state index contributed by atoms with van der Waals surface area (Å²) in [7, 11) is 0. The van der Waals surface area contributed by atoms with Crippen LogP contribution in [0.1, 0.15) is 68.8 Å². The third-order valence-corrected chi connectivity index (χ3v) is 5.91. The molecule has 0 unspecified atom stereocenters. The Morgan fingerprint density at radius 3 is 1.97 bits per heavy atom. The highest BCUT2D eigenvalue weighted by Crippen LogP contribution is 2.32. The molecule has 1 saturated carbocycles. The molecule has 11 nitrogen and oxygen atoms in total. The zero-order valence-electron chi connectivity index (χ0n) is 20.6. The van der Waals surface area contributed by atoms with Crippen molar-refractivity contribution in [1.82, 2.24) is 39.6 Å². The Morgan fingerprint density at radius 2 is 1.39 bits per heavy atom. The van der Waals surface area contributed by atoms with Gasteiger partial charge in [0.25, 0.3) is 0 Å². The summed E-state index contributed by atoms with van der Waals surface area (Å²) in [5.74, 6) is 0.219. The van der Waals surface area contributed by atoms with Gasteiger partial charge in [-0.05, 0) is 56.4 Å². The molecule has 36 heavy (non-hydrogen) atoms. The first kappa shape index (κ1) is 32.9. The molecular formula is C22H47F3N10O. The van der Waals surface area contributed by atoms with E-state index in [-0.39, 0.29) is 36.0 Å². The van der Waals surface area contributed by atoms with Gasteiger partial charge in [-0.1, -0.05) is 19.3 Å². The monoisotopic (exact) mass is 524 g/mol. The molecule has 212 valence electrons. The second-order valence-corrected chi connectivity index (χ2v) is 8.35. The average molecular weight is 525 g/mol. The Bertz CT molecular complexity index is 913. The molecule has 0 radical (unpaired) electrons. The van der Waals surface area contributed by atoms with Crippen molar-refractivity contribution in [3.8, 4) is 0 Å². The molecule has 1 amide bonds. The Kier molecular flexibility index (Phi) is 13.2. The van der Waals surface area contributed by atoms with Crippen molar-refractivity contribution in [2.45, 2.75) is 63.5 Å². The molecule has 2 aliphatic rings. The highest BCUT2D eigenvalue weighted by molar-refractivity contribution is 5.95. The van der Waals surface area contributed by atoms with Gasteiger partial charge in [-0.15, -0.1) is 0 Å². The Hall–Kier alpha value is -3.07. The molecule has 14 heteroatoms. The van der Waals surface area contributed by atoms with Crippen molar-refractivity contribution in [3.63, 3.8) is 0 Å². The topological polar surface area (TPSA) is 223 Å². The van der Waals surface area contributed by atoms with E-state index in [1.807, 2.05) is 5.32 Å². The minimum absolute atomic E-state index is 0. The Morgan fingerprint density at radius 1 is 0.833 bits per heavy atom. The maximum absolute atomic E-state index is 12.4. The number of carbonyl (C=O) groups is 1. The standard InChI is InChI=1S/C22H27F3N6O.4H3N.4H2/c23-22(24,25)19(32)26-16-9-11-17(12-10-16)27-20-28-18(15-7-3-1-4-8-15)29-21(30-20)31-13-5-2-6-14-31;;;;;;;;/h9-12,15H,1-8,13-14H2,(H,26,32)(H,27,28,29,30);4*1H3;4*1H. The van der Waals surface area contributed by atoms with Gasteiger partial charge < -0.3 is 40.1 Å². The van der Waals surface area contributed by atoms with Crippen molar-refractivity contribution in [2.24, 2.45) is 0 Å². The third kappa shape index (κ3) is 8.55. The van der Waals surface area contributed by atoms with Crippen molar-refractivity contribution < 1.29 is 23.7 Å². The minimum atomic E-state index is -4.93. The largest absolute Gasteiger partial charge is 0.471 e. The normalized spacial score (nSPS) is 15.8. The lowest BCUT2D eigenvalue weighted by molar-refractivity contribution is -0.167. The lowest BCUT2D eigenvalue weighted by Gasteiger charge is -2.28. The van der Waals surface area contributed by atoms with Gasteiger partial charge in [0.1, 0.15) is 5.82 Å². The summed E-state index contributed by atoms with van der Waals surface area (Å²) in [5.41, 5.74) is 0.672. The molecule has 2 heterocycles. The van der Waals surface area contributed by atoms with Crippen LogP contribution >= 0.6 is 0 Å². The summed E-state index contributed by atoms with van der Waals surface area (Å²) in [6.45, 7) is 1.84. The Labute approximate surface area is 215 Å². The third-order valence-electron chi connectivity index (χ3n) is 5.91. The highest BCUT2D eigenvalue weighted by atomic mass is 19.4. The molecule has 0 atom stereocenters. The van der Waals surface area contributed by atoms with Gasteiger partial charge in [0, 0.05) is 36.1 Å². The number of hydrogen-bond acceptors (Lipinski definition) is 10. The van der Waals surface area contributed by atoms with Crippen LogP contribution in [0.5, 0.6) is 0 Å². The fourth-order valence-corrected chi connectivity index (χ4v) is 4.18. The number of hydrogen-bond donors (Lipinski definition) is 6. The molecular weight excluding hydrogens is 477 g/mol. The maximum atomic E-state index is 12.4. The molecule has 2 fully saturated rings. The van der Waals surface area contributed by atoms with Crippen LogP contribution in [0.4, 0.5) is 36.4 Å². The lowest BCUT2D eigenvalue weighted by atomic mass is 9.89. The number of aromatic nitrogens is 3. The number of nitrogens with one attached hydrogen (secondary N) is 2. The van der Waals surface area contributed by atoms with Crippen LogP contribution < -0.4 is 40.1 Å². The zero-order valence-corrected chi connectivity index (χ0v) is 20.6. The first-order valence-electron chi connectivity index (χ1n) is 11.1. The van der Waals surface area contributed by atoms with Crippen molar-refractivity contribution in [3.05, 3.63) is 30.1 Å². The second kappa shape index (κ2) is 14.5. The molecule has 1 aliphatic heterocycles. The van der Waals surface area contributed by atoms with Crippen molar-refractivity contribution in [2.75, 3.05) is 28.6 Å². The van der Waals surface area contributed by atoms with E-state index in [0.717, 1.165) is 44.6 Å². The second-order valence-electron chi connectivity index (χ2n) is 8.35. The molecule has 4 rings (SSSR count). The highest BCUT2D eigenvalue weighted by Gasteiger charge is 2.38. The number of nitrogens with zero attached hydrogens (tertiary/aromatic N) is 4. The fraction of sp³-hybridized carbons (Fsp3) is 0.545. The zero-order chi connectivity index (χ0) is 22.6. The van der Waals surface area contributed by atoms with E-state index in [4.69, 9.17) is 4.98 Å². The van der Waals surface area contributed by atoms with Crippen LogP contribution in [0.25, 0.3) is 0 Å². The lowest BCUT2D eigenvalue weighted by Crippen LogP contribution is -2.31. The molecule has 1 aromatic carbocycles. The van der Waals surface area contributed by atoms with Crippen LogP contribution in [0.3, 0.4) is 0 Å². The van der Waals surface area contributed by atoms with Crippen LogP contribution in [0, 0.1) is 0 Å². The Balaban J connectivity index is -0.000000510. The molecule has 1 aliphatic carbocycles. The fourth-order valence-electron chi connectivity index (χ4n) is 4.18. The van der Waals surface area contributed by atoms with Gasteiger partial charge >= 0.3 is 12.1 Å². The molecule has 0 bridgehead atoms. The van der Waals surface area contributed by atoms with Crippen LogP contribution in [0.15, 0.2) is 24.3 Å². The van der Waals surface area contributed by atoms with E-state index in [9.17, 15) is 18.0 Å². The van der Waals surface area contributed by atoms with E-state index >= 15 is 0 Å².